The molecule has 2 rings (SSSR count). The minimum Gasteiger partial charge on any atom is -0.508 e. The van der Waals surface area contributed by atoms with E-state index in [9.17, 15) is 13.6 Å². The Morgan fingerprint density at radius 3 is 2.16 bits per heavy atom. The van der Waals surface area contributed by atoms with Crippen LogP contribution in [0.2, 0.25) is 0 Å². The number of phenolic OH excluding ortho intramolecular Hbond substituents is 1. The van der Waals surface area contributed by atoms with Crippen molar-refractivity contribution in [3.63, 3.8) is 0 Å². The number of benzene rings is 2. The third-order valence-corrected chi connectivity index (χ3v) is 2.53. The molecule has 0 amide bonds. The van der Waals surface area contributed by atoms with Crippen LogP contribution in [0.1, 0.15) is 15.9 Å². The van der Waals surface area contributed by atoms with Gasteiger partial charge in [-0.1, -0.05) is 24.3 Å². The van der Waals surface area contributed by atoms with Crippen LogP contribution in [0.5, 0.6) is 5.75 Å². The molecule has 0 unspecified atom stereocenters. The summed E-state index contributed by atoms with van der Waals surface area (Å²) in [4.78, 5) is 11.7. The average molecular weight is 260 g/mol. The van der Waals surface area contributed by atoms with Crippen molar-refractivity contribution >= 4 is 11.9 Å². The smallest absolute Gasteiger partial charge is 0.191 e. The highest BCUT2D eigenvalue weighted by Crippen LogP contribution is 2.15. The molecule has 2 nitrogen and oxygen atoms in total. The molecule has 4 heteroatoms. The molecule has 0 radical (unpaired) electrons. The van der Waals surface area contributed by atoms with Crippen molar-refractivity contribution in [3.8, 4) is 5.75 Å². The van der Waals surface area contributed by atoms with Gasteiger partial charge in [0.05, 0.1) is 5.56 Å². The molecule has 0 heterocycles. The lowest BCUT2D eigenvalue weighted by Crippen LogP contribution is -2.02. The van der Waals surface area contributed by atoms with Gasteiger partial charge in [0.25, 0.3) is 0 Å². The first kappa shape index (κ1) is 13.0. The van der Waals surface area contributed by atoms with Crippen molar-refractivity contribution < 1.29 is 18.7 Å². The number of aromatic hydroxyl groups is 1. The van der Waals surface area contributed by atoms with Gasteiger partial charge in [0.2, 0.25) is 0 Å². The van der Waals surface area contributed by atoms with Crippen LogP contribution in [-0.2, 0) is 0 Å². The molecule has 2 aromatic rings. The fourth-order valence-electron chi connectivity index (χ4n) is 1.57. The van der Waals surface area contributed by atoms with Gasteiger partial charge in [-0.05, 0) is 35.9 Å². The summed E-state index contributed by atoms with van der Waals surface area (Å²) in [5.41, 5.74) is 0.0698. The van der Waals surface area contributed by atoms with Crippen molar-refractivity contribution in [2.24, 2.45) is 0 Å². The first-order valence-corrected chi connectivity index (χ1v) is 5.53. The molecule has 0 bridgehead atoms. The van der Waals surface area contributed by atoms with Gasteiger partial charge in [0.1, 0.15) is 17.4 Å². The van der Waals surface area contributed by atoms with E-state index in [1.54, 1.807) is 12.1 Å². The second kappa shape index (κ2) is 5.44. The lowest BCUT2D eigenvalue weighted by Gasteiger charge is -2.00. The Balaban J connectivity index is 2.24. The highest BCUT2D eigenvalue weighted by molar-refractivity contribution is 6.07. The molecule has 0 spiro atoms. The van der Waals surface area contributed by atoms with E-state index in [2.05, 4.69) is 0 Å². The molecule has 0 saturated carbocycles. The maximum atomic E-state index is 13.4. The van der Waals surface area contributed by atoms with Crippen molar-refractivity contribution in [2.45, 2.75) is 0 Å². The molecular formula is C15H10F2O2. The summed E-state index contributed by atoms with van der Waals surface area (Å²) in [7, 11) is 0. The lowest BCUT2D eigenvalue weighted by molar-refractivity contribution is 0.104. The van der Waals surface area contributed by atoms with Gasteiger partial charge in [0.15, 0.2) is 5.78 Å². The molecule has 0 aliphatic rings. The Morgan fingerprint density at radius 1 is 1.00 bits per heavy atom. The van der Waals surface area contributed by atoms with Crippen LogP contribution in [0, 0.1) is 11.6 Å². The SMILES string of the molecule is O=C(/C=C/c1ccc(O)cc1)c1c(F)cccc1F. The zero-order chi connectivity index (χ0) is 13.8. The monoisotopic (exact) mass is 260 g/mol. The van der Waals surface area contributed by atoms with E-state index in [1.165, 1.54) is 24.3 Å². The van der Waals surface area contributed by atoms with E-state index in [-0.39, 0.29) is 5.75 Å². The average Bonchev–Trinajstić information content (AvgIpc) is 2.38. The third-order valence-electron chi connectivity index (χ3n) is 2.53. The number of carbonyl (C=O) groups excluding carboxylic acids is 1. The van der Waals surface area contributed by atoms with E-state index in [0.717, 1.165) is 18.2 Å². The first-order valence-electron chi connectivity index (χ1n) is 5.53. The quantitative estimate of drug-likeness (QED) is 0.676. The highest BCUT2D eigenvalue weighted by Gasteiger charge is 2.14. The van der Waals surface area contributed by atoms with Crippen molar-refractivity contribution in [1.82, 2.24) is 0 Å². The van der Waals surface area contributed by atoms with E-state index in [1.807, 2.05) is 0 Å². The molecule has 0 aromatic heterocycles. The summed E-state index contributed by atoms with van der Waals surface area (Å²) in [6.45, 7) is 0. The molecule has 0 saturated heterocycles. The van der Waals surface area contributed by atoms with Crippen LogP contribution >= 0.6 is 0 Å². The molecule has 0 aliphatic heterocycles. The van der Waals surface area contributed by atoms with E-state index >= 15 is 0 Å². The predicted molar refractivity (Wildman–Crippen MR) is 67.8 cm³/mol. The fraction of sp³-hybridized carbons (Fsp3) is 0. The summed E-state index contributed by atoms with van der Waals surface area (Å²) >= 11 is 0. The van der Waals surface area contributed by atoms with Gasteiger partial charge < -0.3 is 5.11 Å². The van der Waals surface area contributed by atoms with Gasteiger partial charge in [-0.2, -0.15) is 0 Å². The number of allylic oxidation sites excluding steroid dienone is 1. The number of hydrogen-bond donors (Lipinski definition) is 1. The van der Waals surface area contributed by atoms with E-state index < -0.39 is 23.0 Å². The minimum absolute atomic E-state index is 0.101. The van der Waals surface area contributed by atoms with E-state index in [0.29, 0.717) is 5.56 Å². The summed E-state index contributed by atoms with van der Waals surface area (Å²) in [5.74, 6) is -2.42. The first-order chi connectivity index (χ1) is 9.08. The lowest BCUT2D eigenvalue weighted by atomic mass is 10.1. The Bertz CT molecular complexity index is 611. The molecule has 0 aliphatic carbocycles. The number of phenols is 1. The molecule has 96 valence electrons. The predicted octanol–water partition coefficient (Wildman–Crippen LogP) is 3.57. The number of halogens is 2. The Labute approximate surface area is 108 Å². The Morgan fingerprint density at radius 2 is 1.58 bits per heavy atom. The highest BCUT2D eigenvalue weighted by atomic mass is 19.1. The maximum Gasteiger partial charge on any atom is 0.191 e. The van der Waals surface area contributed by atoms with Crippen molar-refractivity contribution in [3.05, 3.63) is 71.3 Å². The largest absolute Gasteiger partial charge is 0.508 e. The summed E-state index contributed by atoms with van der Waals surface area (Å²) in [6.07, 6.45) is 2.52. The van der Waals surface area contributed by atoms with Crippen molar-refractivity contribution in [1.29, 1.82) is 0 Å². The fourth-order valence-corrected chi connectivity index (χ4v) is 1.57. The zero-order valence-corrected chi connectivity index (χ0v) is 9.81. The van der Waals surface area contributed by atoms with Crippen molar-refractivity contribution in [2.75, 3.05) is 0 Å². The second-order valence-corrected chi connectivity index (χ2v) is 3.89. The number of carbonyl (C=O) groups is 1. The van der Waals surface area contributed by atoms with Gasteiger partial charge in [0, 0.05) is 0 Å². The molecule has 2 aromatic carbocycles. The number of hydrogen-bond acceptors (Lipinski definition) is 2. The third kappa shape index (κ3) is 3.04. The molecule has 19 heavy (non-hydrogen) atoms. The maximum absolute atomic E-state index is 13.4. The van der Waals surface area contributed by atoms with Crippen LogP contribution in [0.3, 0.4) is 0 Å². The standard InChI is InChI=1S/C15H10F2O2/c16-12-2-1-3-13(17)15(12)14(19)9-6-10-4-7-11(18)8-5-10/h1-9,18H/b9-6+. The van der Waals surface area contributed by atoms with Crippen LogP contribution in [-0.4, -0.2) is 10.9 Å². The van der Waals surface area contributed by atoms with Gasteiger partial charge in [-0.3, -0.25) is 4.79 Å². The molecule has 0 fully saturated rings. The van der Waals surface area contributed by atoms with Gasteiger partial charge in [-0.15, -0.1) is 0 Å². The number of ketones is 1. The van der Waals surface area contributed by atoms with E-state index in [4.69, 9.17) is 5.11 Å². The normalized spacial score (nSPS) is 10.8. The second-order valence-electron chi connectivity index (χ2n) is 3.89. The summed E-state index contributed by atoms with van der Waals surface area (Å²) in [6, 6.07) is 9.33. The zero-order valence-electron chi connectivity index (χ0n) is 9.81. The topological polar surface area (TPSA) is 37.3 Å². The summed E-state index contributed by atoms with van der Waals surface area (Å²) in [5, 5.41) is 9.09. The van der Waals surface area contributed by atoms with Gasteiger partial charge >= 0.3 is 0 Å². The number of rotatable bonds is 3. The minimum atomic E-state index is -0.889. The molecule has 1 N–H and O–H groups in total. The Hall–Kier alpha value is -2.49. The van der Waals surface area contributed by atoms with Gasteiger partial charge in [-0.25, -0.2) is 8.78 Å². The summed E-state index contributed by atoms with van der Waals surface area (Å²) < 4.78 is 26.7. The molecule has 0 atom stereocenters. The van der Waals surface area contributed by atoms with Crippen LogP contribution in [0.15, 0.2) is 48.5 Å². The Kier molecular flexibility index (Phi) is 3.71. The molecular weight excluding hydrogens is 250 g/mol. The van der Waals surface area contributed by atoms with Crippen LogP contribution in [0.4, 0.5) is 8.78 Å². The van der Waals surface area contributed by atoms with Crippen LogP contribution in [0.25, 0.3) is 6.08 Å². The van der Waals surface area contributed by atoms with Crippen LogP contribution < -0.4 is 0 Å².